The molecule has 2 aromatic carbocycles. The van der Waals surface area contributed by atoms with Crippen molar-refractivity contribution in [3.05, 3.63) is 70.8 Å². The van der Waals surface area contributed by atoms with Crippen LogP contribution in [0.3, 0.4) is 0 Å². The van der Waals surface area contributed by atoms with E-state index in [1.54, 1.807) is 49.1 Å². The molecule has 0 aliphatic heterocycles. The molecule has 8 nitrogen and oxygen atoms in total. The summed E-state index contributed by atoms with van der Waals surface area (Å²) in [6, 6.07) is 8.56. The van der Waals surface area contributed by atoms with E-state index in [4.69, 9.17) is 18.9 Å². The van der Waals surface area contributed by atoms with Crippen LogP contribution in [0, 0.1) is 27.7 Å². The summed E-state index contributed by atoms with van der Waals surface area (Å²) in [4.78, 5) is 51.4. The molecule has 0 aliphatic carbocycles. The van der Waals surface area contributed by atoms with E-state index < -0.39 is 11.9 Å². The maximum Gasteiger partial charge on any atom is 0.333 e. The Morgan fingerprint density at radius 3 is 1.20 bits per heavy atom. The number of hydrogen-bond acceptors (Lipinski definition) is 11. The predicted octanol–water partition coefficient (Wildman–Crippen LogP) is 7.36. The first-order chi connectivity index (χ1) is 21.3. The molecule has 0 aliphatic rings. The predicted molar refractivity (Wildman–Crippen MR) is 180 cm³/mol. The van der Waals surface area contributed by atoms with E-state index in [-0.39, 0.29) is 51.2 Å². The molecule has 0 saturated heterocycles. The van der Waals surface area contributed by atoms with Crippen LogP contribution < -0.4 is 0 Å². The zero-order chi connectivity index (χ0) is 33.5. The van der Waals surface area contributed by atoms with E-state index in [9.17, 15) is 19.2 Å². The van der Waals surface area contributed by atoms with E-state index in [0.717, 1.165) is 32.0 Å². The van der Waals surface area contributed by atoms with Crippen molar-refractivity contribution in [2.45, 2.75) is 74.0 Å². The SMILES string of the molecule is C=C(C)C(=O)OCCOC(=O)CCSc1cc(C)c(Sc2c(C)cc(SCCC(=O)OCCOC(=O)C(=C)C)cc2C)c(C)c1. The van der Waals surface area contributed by atoms with Gasteiger partial charge in [0.05, 0.1) is 12.8 Å². The third kappa shape index (κ3) is 13.8. The molecule has 11 heteroatoms. The number of ether oxygens (including phenoxy) is 4. The fourth-order valence-electron chi connectivity index (χ4n) is 3.89. The van der Waals surface area contributed by atoms with Gasteiger partial charge < -0.3 is 18.9 Å². The fourth-order valence-corrected chi connectivity index (χ4v) is 7.02. The summed E-state index contributed by atoms with van der Waals surface area (Å²) in [5, 5.41) is 0. The minimum atomic E-state index is -0.499. The minimum Gasteiger partial charge on any atom is -0.462 e. The van der Waals surface area contributed by atoms with Gasteiger partial charge >= 0.3 is 23.9 Å². The summed E-state index contributed by atoms with van der Waals surface area (Å²) < 4.78 is 20.1. The average molecular weight is 675 g/mol. The summed E-state index contributed by atoms with van der Waals surface area (Å²) in [5.74, 6) is -0.504. The van der Waals surface area contributed by atoms with Crippen molar-refractivity contribution in [1.82, 2.24) is 0 Å². The van der Waals surface area contributed by atoms with Crippen LogP contribution in [0.1, 0.15) is 48.9 Å². The van der Waals surface area contributed by atoms with Crippen molar-refractivity contribution < 1.29 is 38.1 Å². The molecular weight excluding hydrogens is 633 g/mol. The number of esters is 4. The molecule has 244 valence electrons. The number of benzene rings is 2. The van der Waals surface area contributed by atoms with Gasteiger partial charge in [0.15, 0.2) is 0 Å². The number of carbonyl (C=O) groups is 4. The highest BCUT2D eigenvalue weighted by atomic mass is 32.2. The molecule has 0 atom stereocenters. The Labute approximate surface area is 279 Å². The lowest BCUT2D eigenvalue weighted by Crippen LogP contribution is -2.14. The Balaban J connectivity index is 1.84. The molecule has 0 N–H and O–H groups in total. The minimum absolute atomic E-state index is 0.0120. The Morgan fingerprint density at radius 2 is 0.889 bits per heavy atom. The second-order valence-electron chi connectivity index (χ2n) is 10.3. The summed E-state index contributed by atoms with van der Waals surface area (Å²) in [6.45, 7) is 18.6. The van der Waals surface area contributed by atoms with Crippen LogP contribution in [-0.4, -0.2) is 61.8 Å². The van der Waals surface area contributed by atoms with Crippen molar-refractivity contribution in [2.24, 2.45) is 0 Å². The maximum atomic E-state index is 12.0. The fraction of sp³-hybridized carbons (Fsp3) is 0.412. The first-order valence-electron chi connectivity index (χ1n) is 14.4. The molecule has 0 spiro atoms. The highest BCUT2D eigenvalue weighted by Crippen LogP contribution is 2.40. The molecule has 2 aromatic rings. The third-order valence-corrected chi connectivity index (χ3v) is 9.73. The van der Waals surface area contributed by atoms with Gasteiger partial charge in [-0.25, -0.2) is 9.59 Å². The number of rotatable bonds is 18. The van der Waals surface area contributed by atoms with Crippen LogP contribution >= 0.6 is 35.3 Å². The first-order valence-corrected chi connectivity index (χ1v) is 17.2. The quantitative estimate of drug-likeness (QED) is 0.0521. The molecule has 0 saturated carbocycles. The largest absolute Gasteiger partial charge is 0.462 e. The lowest BCUT2D eigenvalue weighted by Gasteiger charge is -2.16. The number of aryl methyl sites for hydroxylation is 4. The Morgan fingerprint density at radius 1 is 0.578 bits per heavy atom. The molecule has 0 fully saturated rings. The number of thioether (sulfide) groups is 2. The zero-order valence-corrected chi connectivity index (χ0v) is 29.3. The first kappa shape index (κ1) is 38.0. The summed E-state index contributed by atoms with van der Waals surface area (Å²) in [7, 11) is 0. The van der Waals surface area contributed by atoms with E-state index in [1.165, 1.54) is 9.79 Å². The van der Waals surface area contributed by atoms with Gasteiger partial charge in [-0.1, -0.05) is 24.9 Å². The number of carbonyl (C=O) groups excluding carboxylic acids is 4. The van der Waals surface area contributed by atoms with Gasteiger partial charge in [-0.15, -0.1) is 23.5 Å². The van der Waals surface area contributed by atoms with E-state index in [1.807, 2.05) is 0 Å². The van der Waals surface area contributed by atoms with Gasteiger partial charge in [-0.2, -0.15) is 0 Å². The molecule has 2 rings (SSSR count). The summed E-state index contributed by atoms with van der Waals surface area (Å²) in [5.41, 5.74) is 5.26. The maximum absolute atomic E-state index is 12.0. The molecule has 0 heterocycles. The normalized spacial score (nSPS) is 10.6. The van der Waals surface area contributed by atoms with Crippen LogP contribution in [-0.2, 0) is 38.1 Å². The van der Waals surface area contributed by atoms with Crippen LogP contribution in [0.4, 0.5) is 0 Å². The molecule has 0 amide bonds. The van der Waals surface area contributed by atoms with Gasteiger partial charge in [0.25, 0.3) is 0 Å². The third-order valence-electron chi connectivity index (χ3n) is 6.08. The van der Waals surface area contributed by atoms with Crippen LogP contribution in [0.5, 0.6) is 0 Å². The lowest BCUT2D eigenvalue weighted by molar-refractivity contribution is -0.149. The van der Waals surface area contributed by atoms with E-state index >= 15 is 0 Å². The van der Waals surface area contributed by atoms with Crippen molar-refractivity contribution in [3.63, 3.8) is 0 Å². The number of hydrogen-bond donors (Lipinski definition) is 0. The Bertz CT molecular complexity index is 1260. The average Bonchev–Trinajstić information content (AvgIpc) is 2.96. The van der Waals surface area contributed by atoms with Gasteiger partial charge in [0, 0.05) is 42.2 Å². The van der Waals surface area contributed by atoms with Crippen molar-refractivity contribution in [2.75, 3.05) is 37.9 Å². The molecule has 45 heavy (non-hydrogen) atoms. The smallest absolute Gasteiger partial charge is 0.333 e. The Hall–Kier alpha value is -3.15. The second-order valence-corrected chi connectivity index (χ2v) is 13.7. The van der Waals surface area contributed by atoms with Gasteiger partial charge in [-0.3, -0.25) is 9.59 Å². The zero-order valence-electron chi connectivity index (χ0n) is 26.9. The molecular formula is C34H42O8S3. The van der Waals surface area contributed by atoms with Gasteiger partial charge in [0.1, 0.15) is 26.4 Å². The Kier molecular flexibility index (Phi) is 16.4. The molecule has 0 unspecified atom stereocenters. The van der Waals surface area contributed by atoms with Crippen molar-refractivity contribution >= 4 is 59.2 Å². The topological polar surface area (TPSA) is 105 Å². The lowest BCUT2D eigenvalue weighted by atomic mass is 10.1. The van der Waals surface area contributed by atoms with Gasteiger partial charge in [0.2, 0.25) is 0 Å². The molecule has 0 aromatic heterocycles. The van der Waals surface area contributed by atoms with Gasteiger partial charge in [-0.05, 0) is 88.1 Å². The van der Waals surface area contributed by atoms with E-state index in [2.05, 4.69) is 65.1 Å². The van der Waals surface area contributed by atoms with Crippen LogP contribution in [0.25, 0.3) is 0 Å². The highest BCUT2D eigenvalue weighted by Gasteiger charge is 2.14. The molecule has 0 bridgehead atoms. The van der Waals surface area contributed by atoms with Crippen LogP contribution in [0.2, 0.25) is 0 Å². The monoisotopic (exact) mass is 674 g/mol. The second kappa shape index (κ2) is 19.4. The van der Waals surface area contributed by atoms with E-state index in [0.29, 0.717) is 22.7 Å². The summed E-state index contributed by atoms with van der Waals surface area (Å²) in [6.07, 6.45) is 0.509. The van der Waals surface area contributed by atoms with Crippen molar-refractivity contribution in [3.8, 4) is 0 Å². The van der Waals surface area contributed by atoms with Crippen LogP contribution in [0.15, 0.2) is 68.2 Å². The summed E-state index contributed by atoms with van der Waals surface area (Å²) >= 11 is 4.95. The highest BCUT2D eigenvalue weighted by molar-refractivity contribution is 8.00. The molecule has 0 radical (unpaired) electrons. The van der Waals surface area contributed by atoms with Crippen molar-refractivity contribution in [1.29, 1.82) is 0 Å². The standard InChI is InChI=1S/C34H42O8S3/c1-21(2)33(37)41-13-11-39-29(35)9-15-43-27-17-23(5)31(24(6)18-27)45-32-25(7)19-28(20-26(32)8)44-16-10-30(36)40-12-14-42-34(38)22(3)4/h17-20H,1,3,9-16H2,2,4-8H3.